The Morgan fingerprint density at radius 3 is 2.33 bits per heavy atom. The summed E-state index contributed by atoms with van der Waals surface area (Å²) in [6.45, 7) is 0. The van der Waals surface area contributed by atoms with Crippen LogP contribution in [0.2, 0.25) is 0 Å². The van der Waals surface area contributed by atoms with Crippen LogP contribution < -0.4 is 0 Å². The Balaban J connectivity index is 2.56. The Labute approximate surface area is 112 Å². The second kappa shape index (κ2) is 4.31. The summed E-state index contributed by atoms with van der Waals surface area (Å²) in [6, 6.07) is 0. The van der Waals surface area contributed by atoms with Crippen LogP contribution in [0.4, 0.5) is 0 Å². The van der Waals surface area contributed by atoms with Crippen LogP contribution in [0.1, 0.15) is 0 Å². The third-order valence-corrected chi connectivity index (χ3v) is 3.25. The van der Waals surface area contributed by atoms with Crippen molar-refractivity contribution in [1.82, 2.24) is 0 Å². The van der Waals surface area contributed by atoms with Gasteiger partial charge in [0.15, 0.2) is 17.3 Å². The summed E-state index contributed by atoms with van der Waals surface area (Å²) in [5.41, 5.74) is -2.27. The predicted octanol–water partition coefficient (Wildman–Crippen LogP) is 1.18. The van der Waals surface area contributed by atoms with Gasteiger partial charge in [-0.05, 0) is 24.3 Å². The van der Waals surface area contributed by atoms with Crippen molar-refractivity contribution in [3.63, 3.8) is 0 Å². The van der Waals surface area contributed by atoms with Gasteiger partial charge < -0.3 is 5.11 Å². The lowest BCUT2D eigenvalue weighted by Crippen LogP contribution is -2.37. The van der Waals surface area contributed by atoms with Crippen LogP contribution in [0.5, 0.6) is 0 Å². The fourth-order valence-electron chi connectivity index (χ4n) is 1.63. The van der Waals surface area contributed by atoms with Gasteiger partial charge in [0.25, 0.3) is 0 Å². The molecule has 4 nitrogen and oxygen atoms in total. The molecule has 0 aliphatic heterocycles. The zero-order chi connectivity index (χ0) is 13.5. The lowest BCUT2D eigenvalue weighted by atomic mass is 9.83. The smallest absolute Gasteiger partial charge is 0.198 e. The van der Waals surface area contributed by atoms with Crippen LogP contribution in [-0.4, -0.2) is 28.1 Å². The first-order valence-corrected chi connectivity index (χ1v) is 5.61. The maximum atomic E-state index is 11.7. The van der Waals surface area contributed by atoms with Gasteiger partial charge in [-0.25, -0.2) is 0 Å². The number of ketones is 3. The zero-order valence-electron chi connectivity index (χ0n) is 8.81. The zero-order valence-corrected chi connectivity index (χ0v) is 10.3. The van der Waals surface area contributed by atoms with Crippen molar-refractivity contribution in [1.29, 1.82) is 0 Å². The van der Waals surface area contributed by atoms with Gasteiger partial charge in [-0.3, -0.25) is 14.4 Å². The van der Waals surface area contributed by atoms with Crippen LogP contribution >= 0.6 is 23.2 Å². The first kappa shape index (κ1) is 13.0. The largest absolute Gasteiger partial charge is 0.376 e. The van der Waals surface area contributed by atoms with E-state index in [1.807, 2.05) is 0 Å². The summed E-state index contributed by atoms with van der Waals surface area (Å²) < 4.78 is 0. The van der Waals surface area contributed by atoms with E-state index in [1.165, 1.54) is 0 Å². The maximum absolute atomic E-state index is 11.7. The fourth-order valence-corrected chi connectivity index (χ4v) is 2.10. The number of hydrogen-bond donors (Lipinski definition) is 1. The standard InChI is InChI=1S/C12H6Cl2O4/c13-8-5-12(18,11(14)4-10(8)17)7-3-6(15)1-2-9(7)16/h1-5,18H. The Morgan fingerprint density at radius 2 is 1.67 bits per heavy atom. The highest BCUT2D eigenvalue weighted by atomic mass is 35.5. The number of rotatable bonds is 1. The second-order valence-corrected chi connectivity index (χ2v) is 4.59. The van der Waals surface area contributed by atoms with Crippen LogP contribution in [0.25, 0.3) is 0 Å². The summed E-state index contributed by atoms with van der Waals surface area (Å²) in [4.78, 5) is 34.2. The molecule has 2 rings (SSSR count). The van der Waals surface area contributed by atoms with Gasteiger partial charge in [-0.2, -0.15) is 0 Å². The molecular formula is C12H6Cl2O4. The van der Waals surface area contributed by atoms with Crippen LogP contribution in [-0.2, 0) is 14.4 Å². The molecule has 0 aromatic carbocycles. The Bertz CT molecular complexity index is 595. The van der Waals surface area contributed by atoms with Crippen LogP contribution in [0.3, 0.4) is 0 Å². The molecule has 0 radical (unpaired) electrons. The summed E-state index contributed by atoms with van der Waals surface area (Å²) >= 11 is 11.4. The summed E-state index contributed by atoms with van der Waals surface area (Å²) in [7, 11) is 0. The van der Waals surface area contributed by atoms with E-state index in [1.54, 1.807) is 0 Å². The minimum Gasteiger partial charge on any atom is -0.376 e. The average molecular weight is 285 g/mol. The number of hydrogen-bond acceptors (Lipinski definition) is 4. The highest BCUT2D eigenvalue weighted by Gasteiger charge is 2.41. The predicted molar refractivity (Wildman–Crippen MR) is 65.1 cm³/mol. The molecule has 0 fully saturated rings. The molecule has 0 aromatic rings. The molecule has 0 aromatic heterocycles. The van der Waals surface area contributed by atoms with Gasteiger partial charge >= 0.3 is 0 Å². The molecule has 1 unspecified atom stereocenters. The summed E-state index contributed by atoms with van der Waals surface area (Å²) in [6.07, 6.45) is 4.94. The molecule has 92 valence electrons. The molecule has 0 spiro atoms. The van der Waals surface area contributed by atoms with Crippen molar-refractivity contribution >= 4 is 40.6 Å². The number of carbonyl (C=O) groups excluding carboxylic acids is 3. The third kappa shape index (κ3) is 1.99. The van der Waals surface area contributed by atoms with Crippen molar-refractivity contribution < 1.29 is 19.5 Å². The molecule has 2 aliphatic rings. The van der Waals surface area contributed by atoms with Crippen LogP contribution in [0, 0.1) is 0 Å². The number of allylic oxidation sites excluding steroid dienone is 5. The number of carbonyl (C=O) groups is 3. The topological polar surface area (TPSA) is 71.4 Å². The molecule has 0 saturated carbocycles. The molecule has 0 bridgehead atoms. The quantitative estimate of drug-likeness (QED) is 0.734. The minimum absolute atomic E-state index is 0.234. The Hall–Kier alpha value is -1.49. The fraction of sp³-hybridized carbons (Fsp3) is 0.0833. The van der Waals surface area contributed by atoms with Crippen molar-refractivity contribution in [3.8, 4) is 0 Å². The van der Waals surface area contributed by atoms with Gasteiger partial charge in [-0.15, -0.1) is 0 Å². The Morgan fingerprint density at radius 1 is 1.00 bits per heavy atom. The molecule has 0 heterocycles. The van der Waals surface area contributed by atoms with Crippen LogP contribution in [0.15, 0.2) is 46.0 Å². The van der Waals surface area contributed by atoms with Gasteiger partial charge in [0, 0.05) is 11.6 Å². The molecule has 18 heavy (non-hydrogen) atoms. The van der Waals surface area contributed by atoms with E-state index in [0.717, 1.165) is 30.4 Å². The molecule has 6 heteroatoms. The van der Waals surface area contributed by atoms with Gasteiger partial charge in [0.2, 0.25) is 0 Å². The molecular weight excluding hydrogens is 279 g/mol. The monoisotopic (exact) mass is 284 g/mol. The van der Waals surface area contributed by atoms with Gasteiger partial charge in [0.05, 0.1) is 10.1 Å². The minimum atomic E-state index is -2.04. The van der Waals surface area contributed by atoms with Crippen molar-refractivity contribution in [2.75, 3.05) is 0 Å². The van der Waals surface area contributed by atoms with E-state index < -0.39 is 23.0 Å². The highest BCUT2D eigenvalue weighted by molar-refractivity contribution is 6.47. The molecule has 1 atom stereocenters. The summed E-state index contributed by atoms with van der Waals surface area (Å²) in [5, 5.41) is 9.81. The van der Waals surface area contributed by atoms with Crippen molar-refractivity contribution in [3.05, 3.63) is 46.0 Å². The summed E-state index contributed by atoms with van der Waals surface area (Å²) in [5.74, 6) is -1.60. The van der Waals surface area contributed by atoms with E-state index in [4.69, 9.17) is 23.2 Å². The second-order valence-electron chi connectivity index (χ2n) is 3.77. The van der Waals surface area contributed by atoms with Gasteiger partial charge in [0.1, 0.15) is 5.60 Å². The highest BCUT2D eigenvalue weighted by Crippen LogP contribution is 2.37. The van der Waals surface area contributed by atoms with E-state index in [2.05, 4.69) is 0 Å². The molecule has 0 amide bonds. The third-order valence-electron chi connectivity index (χ3n) is 2.55. The normalized spacial score (nSPS) is 27.9. The van der Waals surface area contributed by atoms with Gasteiger partial charge in [-0.1, -0.05) is 23.2 Å². The molecule has 2 aliphatic carbocycles. The first-order valence-electron chi connectivity index (χ1n) is 4.86. The average Bonchev–Trinajstić information content (AvgIpc) is 2.30. The van der Waals surface area contributed by atoms with Crippen molar-refractivity contribution in [2.45, 2.75) is 5.60 Å². The van der Waals surface area contributed by atoms with E-state index in [-0.39, 0.29) is 15.6 Å². The lowest BCUT2D eigenvalue weighted by molar-refractivity contribution is -0.115. The van der Waals surface area contributed by atoms with Crippen molar-refractivity contribution in [2.24, 2.45) is 0 Å². The lowest BCUT2D eigenvalue weighted by Gasteiger charge is -2.29. The molecule has 0 saturated heterocycles. The maximum Gasteiger partial charge on any atom is 0.198 e. The molecule has 1 N–H and O–H groups in total. The first-order chi connectivity index (χ1) is 8.34. The SMILES string of the molecule is O=C1C=CC(=O)C(C2(O)C=C(Cl)C(=O)C=C2Cl)=C1. The van der Waals surface area contributed by atoms with E-state index in [0.29, 0.717) is 0 Å². The van der Waals surface area contributed by atoms with E-state index >= 15 is 0 Å². The number of aliphatic hydroxyl groups is 1. The Kier molecular flexibility index (Phi) is 3.11. The number of halogens is 2. The van der Waals surface area contributed by atoms with E-state index in [9.17, 15) is 19.5 Å².